The molecule has 7 nitrogen and oxygen atoms in total. The van der Waals surface area contributed by atoms with Crippen LogP contribution in [0.2, 0.25) is 0 Å². The second-order valence-corrected chi connectivity index (χ2v) is 6.13. The van der Waals surface area contributed by atoms with E-state index in [-0.39, 0.29) is 5.96 Å². The van der Waals surface area contributed by atoms with E-state index in [4.69, 9.17) is 11.6 Å². The zero-order valence-electron chi connectivity index (χ0n) is 10.4. The third-order valence-electron chi connectivity index (χ3n) is 3.08. The molecule has 0 amide bonds. The number of nitrogens with two attached hydrogens (primary N) is 2. The smallest absolute Gasteiger partial charge is 0.243 e. The van der Waals surface area contributed by atoms with Crippen LogP contribution in [-0.4, -0.2) is 49.8 Å². The highest BCUT2D eigenvalue weighted by Gasteiger charge is 2.28. The Labute approximate surface area is 112 Å². The lowest BCUT2D eigenvalue weighted by molar-refractivity contribution is 0.264. The fourth-order valence-corrected chi connectivity index (χ4v) is 3.42. The highest BCUT2D eigenvalue weighted by Crippen LogP contribution is 2.16. The molecule has 8 heteroatoms. The van der Waals surface area contributed by atoms with E-state index in [1.807, 2.05) is 0 Å². The Morgan fingerprint density at radius 1 is 1.11 bits per heavy atom. The molecule has 0 aliphatic carbocycles. The number of hydrazone groups is 1. The number of hydrogen-bond donors (Lipinski definition) is 2. The molecule has 0 radical (unpaired) electrons. The molecule has 19 heavy (non-hydrogen) atoms. The summed E-state index contributed by atoms with van der Waals surface area (Å²) in [4.78, 5) is 2.07. The molecule has 0 saturated carbocycles. The van der Waals surface area contributed by atoms with Crippen molar-refractivity contribution in [2.45, 2.75) is 4.90 Å². The highest BCUT2D eigenvalue weighted by atomic mass is 32.2. The van der Waals surface area contributed by atoms with Gasteiger partial charge >= 0.3 is 0 Å². The van der Waals surface area contributed by atoms with Crippen LogP contribution in [0.3, 0.4) is 0 Å². The Bertz CT molecular complexity index is 550. The lowest BCUT2D eigenvalue weighted by atomic mass is 10.4. The van der Waals surface area contributed by atoms with Crippen LogP contribution in [0.4, 0.5) is 0 Å². The first kappa shape index (κ1) is 13.6. The molecule has 0 aromatic heterocycles. The second-order valence-electron chi connectivity index (χ2n) is 4.19. The zero-order valence-corrected chi connectivity index (χ0v) is 11.3. The fraction of sp³-hybridized carbons (Fsp3) is 0.364. The second kappa shape index (κ2) is 5.45. The molecule has 104 valence electrons. The van der Waals surface area contributed by atoms with Crippen molar-refractivity contribution in [3.63, 3.8) is 0 Å². The Hall–Kier alpha value is -1.80. The molecule has 1 aliphatic rings. The molecule has 1 aromatic rings. The summed E-state index contributed by atoms with van der Waals surface area (Å²) in [6, 6.07) is 8.40. The molecule has 1 saturated heterocycles. The third-order valence-corrected chi connectivity index (χ3v) is 4.99. The number of guanidine groups is 1. The minimum Gasteiger partial charge on any atom is -0.368 e. The van der Waals surface area contributed by atoms with Gasteiger partial charge < -0.3 is 16.5 Å². The van der Waals surface area contributed by atoms with E-state index in [1.54, 1.807) is 35.2 Å². The number of sulfonamides is 1. The van der Waals surface area contributed by atoms with Crippen molar-refractivity contribution in [3.05, 3.63) is 30.3 Å². The molecule has 0 spiro atoms. The minimum absolute atomic E-state index is 0.233. The van der Waals surface area contributed by atoms with E-state index in [2.05, 4.69) is 5.10 Å². The van der Waals surface area contributed by atoms with Crippen LogP contribution in [0.1, 0.15) is 0 Å². The summed E-state index contributed by atoms with van der Waals surface area (Å²) < 4.78 is 26.2. The van der Waals surface area contributed by atoms with Crippen molar-refractivity contribution >= 4 is 16.0 Å². The van der Waals surface area contributed by atoms with E-state index in [0.717, 1.165) is 0 Å². The van der Waals surface area contributed by atoms with E-state index in [1.165, 1.54) is 4.31 Å². The normalized spacial score (nSPS) is 18.5. The van der Waals surface area contributed by atoms with Gasteiger partial charge in [0.25, 0.3) is 0 Å². The highest BCUT2D eigenvalue weighted by molar-refractivity contribution is 7.89. The molecule has 1 heterocycles. The van der Waals surface area contributed by atoms with Crippen molar-refractivity contribution in [3.8, 4) is 0 Å². The monoisotopic (exact) mass is 283 g/mol. The van der Waals surface area contributed by atoms with Crippen LogP contribution in [0.25, 0.3) is 0 Å². The van der Waals surface area contributed by atoms with Gasteiger partial charge in [-0.05, 0) is 12.1 Å². The molecule has 1 aliphatic heterocycles. The van der Waals surface area contributed by atoms with Gasteiger partial charge in [-0.25, -0.2) is 8.42 Å². The predicted molar refractivity (Wildman–Crippen MR) is 72.6 cm³/mol. The van der Waals surface area contributed by atoms with E-state index >= 15 is 0 Å². The average molecular weight is 283 g/mol. The number of rotatable bonds is 2. The van der Waals surface area contributed by atoms with Gasteiger partial charge in [0.1, 0.15) is 0 Å². The first-order valence-corrected chi connectivity index (χ1v) is 7.33. The summed E-state index contributed by atoms with van der Waals surface area (Å²) in [5.41, 5.74) is 5.60. The summed E-state index contributed by atoms with van der Waals surface area (Å²) >= 11 is 0. The van der Waals surface area contributed by atoms with Gasteiger partial charge in [-0.1, -0.05) is 18.2 Å². The maximum Gasteiger partial charge on any atom is 0.243 e. The molecule has 1 fully saturated rings. The molecule has 0 unspecified atom stereocenters. The maximum absolute atomic E-state index is 12.4. The van der Waals surface area contributed by atoms with Gasteiger partial charge in [0.05, 0.1) is 4.90 Å². The largest absolute Gasteiger partial charge is 0.368 e. The average Bonchev–Trinajstić information content (AvgIpc) is 2.47. The molecule has 2 rings (SSSR count). The zero-order chi connectivity index (χ0) is 13.9. The van der Waals surface area contributed by atoms with Gasteiger partial charge in [0, 0.05) is 26.2 Å². The van der Waals surface area contributed by atoms with E-state index in [9.17, 15) is 8.42 Å². The minimum atomic E-state index is -3.42. The quantitative estimate of drug-likeness (QED) is 0.319. The van der Waals surface area contributed by atoms with Gasteiger partial charge in [0.2, 0.25) is 16.0 Å². The number of benzene rings is 1. The van der Waals surface area contributed by atoms with Gasteiger partial charge in [-0.2, -0.15) is 4.31 Å². The van der Waals surface area contributed by atoms with Crippen molar-refractivity contribution < 1.29 is 8.42 Å². The van der Waals surface area contributed by atoms with Gasteiger partial charge in [0.15, 0.2) is 0 Å². The topological polar surface area (TPSA) is 105 Å². The summed E-state index contributed by atoms with van der Waals surface area (Å²) in [7, 11) is -3.42. The lowest BCUT2D eigenvalue weighted by Gasteiger charge is -2.34. The Kier molecular flexibility index (Phi) is 3.91. The molecule has 1 aromatic carbocycles. The predicted octanol–water partition coefficient (Wildman–Crippen LogP) is -0.819. The van der Waals surface area contributed by atoms with E-state index in [0.29, 0.717) is 31.1 Å². The summed E-state index contributed by atoms with van der Waals surface area (Å²) in [6.07, 6.45) is 0. The van der Waals surface area contributed by atoms with Crippen molar-refractivity contribution in [1.29, 1.82) is 0 Å². The molecule has 4 N–H and O–H groups in total. The summed E-state index contributed by atoms with van der Waals surface area (Å²) in [5, 5.41) is 3.41. The van der Waals surface area contributed by atoms with Crippen molar-refractivity contribution in [2.75, 3.05) is 26.2 Å². The third kappa shape index (κ3) is 2.79. The Morgan fingerprint density at radius 2 is 1.68 bits per heavy atom. The standard InChI is InChI=1S/C11H17N5O2S/c12-11(14-13)15-6-8-16(9-7-15)19(17,18)10-4-2-1-3-5-10/h1-5H,6-9,13H2,(H2,12,14). The van der Waals surface area contributed by atoms with Crippen LogP contribution >= 0.6 is 0 Å². The summed E-state index contributed by atoms with van der Waals surface area (Å²) in [6.45, 7) is 1.71. The fourth-order valence-electron chi connectivity index (χ4n) is 1.98. The molecular formula is C11H17N5O2S. The first-order valence-electron chi connectivity index (χ1n) is 5.89. The van der Waals surface area contributed by atoms with Gasteiger partial charge in [-0.3, -0.25) is 0 Å². The first-order chi connectivity index (χ1) is 9.05. The Balaban J connectivity index is 2.10. The Morgan fingerprint density at radius 3 is 2.21 bits per heavy atom. The van der Waals surface area contributed by atoms with Crippen LogP contribution in [-0.2, 0) is 10.0 Å². The van der Waals surface area contributed by atoms with E-state index < -0.39 is 10.0 Å². The van der Waals surface area contributed by atoms with Crippen LogP contribution in [0.5, 0.6) is 0 Å². The summed E-state index contributed by atoms with van der Waals surface area (Å²) in [5.74, 6) is 5.34. The molecule has 0 bridgehead atoms. The van der Waals surface area contributed by atoms with Crippen molar-refractivity contribution in [2.24, 2.45) is 16.7 Å². The van der Waals surface area contributed by atoms with Gasteiger partial charge in [-0.15, -0.1) is 5.10 Å². The molecule has 0 atom stereocenters. The van der Waals surface area contributed by atoms with Crippen molar-refractivity contribution in [1.82, 2.24) is 9.21 Å². The van der Waals surface area contributed by atoms with Crippen LogP contribution < -0.4 is 11.6 Å². The maximum atomic E-state index is 12.4. The van der Waals surface area contributed by atoms with Crippen LogP contribution in [0.15, 0.2) is 40.3 Å². The van der Waals surface area contributed by atoms with Crippen LogP contribution in [0, 0.1) is 0 Å². The SMILES string of the molecule is N/N=C(/N)N1CCN(S(=O)(=O)c2ccccc2)CC1. The number of hydrogen-bond acceptors (Lipinski definition) is 4. The number of nitrogens with zero attached hydrogens (tertiary/aromatic N) is 3. The number of piperazine rings is 1. The molecular weight excluding hydrogens is 266 g/mol. The lowest BCUT2D eigenvalue weighted by Crippen LogP contribution is -2.52.